The van der Waals surface area contributed by atoms with Gasteiger partial charge in [-0.2, -0.15) is 0 Å². The SMILES string of the molecule is CCS(=O)(=O)NCCNS(=O)(=O)c1ccccc1OC. The highest BCUT2D eigenvalue weighted by Crippen LogP contribution is 2.22. The lowest BCUT2D eigenvalue weighted by Crippen LogP contribution is -2.35. The molecule has 1 rings (SSSR count). The second kappa shape index (κ2) is 7.02. The maximum Gasteiger partial charge on any atom is 0.244 e. The quantitative estimate of drug-likeness (QED) is 0.652. The van der Waals surface area contributed by atoms with E-state index in [9.17, 15) is 16.8 Å². The van der Waals surface area contributed by atoms with E-state index in [-0.39, 0.29) is 29.5 Å². The minimum absolute atomic E-state index is 0.00937. The first kappa shape index (κ1) is 16.9. The average Bonchev–Trinajstić information content (AvgIpc) is 2.43. The molecule has 114 valence electrons. The molecule has 0 aliphatic rings. The molecule has 7 nitrogen and oxygen atoms in total. The predicted molar refractivity (Wildman–Crippen MR) is 75.6 cm³/mol. The Hall–Kier alpha value is -1.16. The summed E-state index contributed by atoms with van der Waals surface area (Å²) < 4.78 is 56.0. The highest BCUT2D eigenvalue weighted by Gasteiger charge is 2.18. The molecule has 0 atom stereocenters. The predicted octanol–water partition coefficient (Wildman–Crippen LogP) is -0.0872. The molecule has 0 spiro atoms. The minimum Gasteiger partial charge on any atom is -0.495 e. The van der Waals surface area contributed by atoms with Crippen molar-refractivity contribution in [2.24, 2.45) is 0 Å². The topological polar surface area (TPSA) is 102 Å². The number of para-hydroxylation sites is 1. The molecule has 0 fully saturated rings. The van der Waals surface area contributed by atoms with Crippen LogP contribution in [-0.2, 0) is 20.0 Å². The zero-order chi connectivity index (χ0) is 15.2. The fraction of sp³-hybridized carbons (Fsp3) is 0.455. The molecule has 0 saturated heterocycles. The molecule has 1 aromatic rings. The lowest BCUT2D eigenvalue weighted by Gasteiger charge is -2.10. The summed E-state index contributed by atoms with van der Waals surface area (Å²) >= 11 is 0. The summed E-state index contributed by atoms with van der Waals surface area (Å²) in [5.41, 5.74) is 0. The van der Waals surface area contributed by atoms with Crippen LogP contribution in [0, 0.1) is 0 Å². The second-order valence-corrected chi connectivity index (χ2v) is 7.68. The van der Waals surface area contributed by atoms with E-state index in [1.165, 1.54) is 26.2 Å². The van der Waals surface area contributed by atoms with Crippen LogP contribution >= 0.6 is 0 Å². The molecule has 0 radical (unpaired) electrons. The van der Waals surface area contributed by atoms with Crippen molar-refractivity contribution in [3.05, 3.63) is 24.3 Å². The summed E-state index contributed by atoms with van der Waals surface area (Å²) in [5, 5.41) is 0. The number of ether oxygens (including phenoxy) is 1. The maximum absolute atomic E-state index is 12.0. The van der Waals surface area contributed by atoms with Crippen molar-refractivity contribution in [2.75, 3.05) is 26.0 Å². The number of benzene rings is 1. The maximum atomic E-state index is 12.0. The van der Waals surface area contributed by atoms with Gasteiger partial charge in [-0.15, -0.1) is 0 Å². The van der Waals surface area contributed by atoms with Gasteiger partial charge in [0.1, 0.15) is 10.6 Å². The highest BCUT2D eigenvalue weighted by atomic mass is 32.2. The lowest BCUT2D eigenvalue weighted by molar-refractivity contribution is 0.402. The number of methoxy groups -OCH3 is 1. The number of hydrogen-bond donors (Lipinski definition) is 2. The van der Waals surface area contributed by atoms with Crippen LogP contribution in [0.5, 0.6) is 5.75 Å². The molecule has 2 N–H and O–H groups in total. The minimum atomic E-state index is -3.74. The third kappa shape index (κ3) is 4.75. The fourth-order valence-corrected chi connectivity index (χ4v) is 3.23. The van der Waals surface area contributed by atoms with Gasteiger partial charge in [0.2, 0.25) is 20.0 Å². The molecule has 0 aliphatic heterocycles. The highest BCUT2D eigenvalue weighted by molar-refractivity contribution is 7.89. The van der Waals surface area contributed by atoms with Crippen molar-refractivity contribution >= 4 is 20.0 Å². The van der Waals surface area contributed by atoms with Crippen molar-refractivity contribution in [1.82, 2.24) is 9.44 Å². The van der Waals surface area contributed by atoms with Crippen LogP contribution in [0.1, 0.15) is 6.92 Å². The summed E-state index contributed by atoms with van der Waals surface area (Å²) in [5.74, 6) is 0.181. The molecule has 1 aromatic carbocycles. The summed E-state index contributed by atoms with van der Waals surface area (Å²) in [6, 6.07) is 6.19. The Morgan fingerprint density at radius 2 is 1.65 bits per heavy atom. The molecule has 0 aromatic heterocycles. The third-order valence-electron chi connectivity index (χ3n) is 2.48. The summed E-state index contributed by atoms with van der Waals surface area (Å²) in [4.78, 5) is 0.0147. The second-order valence-electron chi connectivity index (χ2n) is 3.85. The Kier molecular flexibility index (Phi) is 5.93. The van der Waals surface area contributed by atoms with Crippen LogP contribution < -0.4 is 14.2 Å². The monoisotopic (exact) mass is 322 g/mol. The Morgan fingerprint density at radius 1 is 1.05 bits per heavy atom. The van der Waals surface area contributed by atoms with E-state index in [0.29, 0.717) is 0 Å². The van der Waals surface area contributed by atoms with Crippen LogP contribution in [0.15, 0.2) is 29.2 Å². The van der Waals surface area contributed by atoms with Gasteiger partial charge in [0, 0.05) is 13.1 Å². The number of sulfonamides is 2. The van der Waals surface area contributed by atoms with E-state index >= 15 is 0 Å². The number of rotatable bonds is 8. The summed E-state index contributed by atoms with van der Waals surface area (Å²) in [7, 11) is -5.68. The van der Waals surface area contributed by atoms with Gasteiger partial charge in [-0.05, 0) is 19.1 Å². The van der Waals surface area contributed by atoms with Crippen LogP contribution in [0.25, 0.3) is 0 Å². The van der Waals surface area contributed by atoms with Crippen molar-refractivity contribution < 1.29 is 21.6 Å². The average molecular weight is 322 g/mol. The van der Waals surface area contributed by atoms with E-state index in [1.54, 1.807) is 12.1 Å². The Bertz CT molecular complexity index is 641. The largest absolute Gasteiger partial charge is 0.495 e. The van der Waals surface area contributed by atoms with Gasteiger partial charge in [-0.25, -0.2) is 26.3 Å². The van der Waals surface area contributed by atoms with Gasteiger partial charge < -0.3 is 4.74 Å². The van der Waals surface area contributed by atoms with Crippen molar-refractivity contribution in [2.45, 2.75) is 11.8 Å². The summed E-state index contributed by atoms with van der Waals surface area (Å²) in [6.45, 7) is 1.45. The number of nitrogens with one attached hydrogen (secondary N) is 2. The van der Waals surface area contributed by atoms with E-state index in [1.807, 2.05) is 0 Å². The molecule has 20 heavy (non-hydrogen) atoms. The first-order valence-electron chi connectivity index (χ1n) is 5.92. The van der Waals surface area contributed by atoms with E-state index in [2.05, 4.69) is 9.44 Å². The van der Waals surface area contributed by atoms with Crippen molar-refractivity contribution in [3.8, 4) is 5.75 Å². The van der Waals surface area contributed by atoms with Crippen LogP contribution in [-0.4, -0.2) is 42.8 Å². The summed E-state index contributed by atoms with van der Waals surface area (Å²) in [6.07, 6.45) is 0. The lowest BCUT2D eigenvalue weighted by atomic mass is 10.3. The van der Waals surface area contributed by atoms with Crippen molar-refractivity contribution in [3.63, 3.8) is 0 Å². The van der Waals surface area contributed by atoms with Gasteiger partial charge in [0.15, 0.2) is 0 Å². The van der Waals surface area contributed by atoms with Crippen LogP contribution in [0.2, 0.25) is 0 Å². The normalized spacial score (nSPS) is 12.3. The van der Waals surface area contributed by atoms with Gasteiger partial charge >= 0.3 is 0 Å². The zero-order valence-corrected chi connectivity index (χ0v) is 12.9. The molecule has 0 aliphatic carbocycles. The van der Waals surface area contributed by atoms with Crippen molar-refractivity contribution in [1.29, 1.82) is 0 Å². The van der Waals surface area contributed by atoms with Gasteiger partial charge in [-0.3, -0.25) is 0 Å². The molecule has 0 unspecified atom stereocenters. The number of hydrogen-bond acceptors (Lipinski definition) is 5. The van der Waals surface area contributed by atoms with Gasteiger partial charge in [-0.1, -0.05) is 12.1 Å². The standard InChI is InChI=1S/C11H18N2O5S2/c1-3-19(14,15)12-8-9-13-20(16,17)11-7-5-4-6-10(11)18-2/h4-7,12-13H,3,8-9H2,1-2H3. The Morgan fingerprint density at radius 3 is 2.25 bits per heavy atom. The molecule has 9 heteroatoms. The molecule has 0 heterocycles. The van der Waals surface area contributed by atoms with Gasteiger partial charge in [0.05, 0.1) is 12.9 Å². The molecule has 0 amide bonds. The van der Waals surface area contributed by atoms with Gasteiger partial charge in [0.25, 0.3) is 0 Å². The van der Waals surface area contributed by atoms with E-state index in [0.717, 1.165) is 0 Å². The Labute approximate surface area is 119 Å². The van der Waals surface area contributed by atoms with E-state index in [4.69, 9.17) is 4.74 Å². The smallest absolute Gasteiger partial charge is 0.244 e. The molecule has 0 bridgehead atoms. The van der Waals surface area contributed by atoms with Crippen LogP contribution in [0.3, 0.4) is 0 Å². The molecular formula is C11H18N2O5S2. The third-order valence-corrected chi connectivity index (χ3v) is 5.38. The van der Waals surface area contributed by atoms with Crippen LogP contribution in [0.4, 0.5) is 0 Å². The first-order chi connectivity index (χ1) is 9.32. The first-order valence-corrected chi connectivity index (χ1v) is 9.06. The van der Waals surface area contributed by atoms with E-state index < -0.39 is 20.0 Å². The fourth-order valence-electron chi connectivity index (χ4n) is 1.41. The zero-order valence-electron chi connectivity index (χ0n) is 11.3. The molecule has 0 saturated carbocycles. The Balaban J connectivity index is 2.67. The molecular weight excluding hydrogens is 304 g/mol.